The Hall–Kier alpha value is -1.57. The first-order valence-corrected chi connectivity index (χ1v) is 5.42. The molecular formula is C14H15FO. The predicted molar refractivity (Wildman–Crippen MR) is 64.4 cm³/mol. The highest BCUT2D eigenvalue weighted by atomic mass is 19.1. The van der Waals surface area contributed by atoms with Crippen LogP contribution in [0.1, 0.15) is 30.9 Å². The van der Waals surface area contributed by atoms with Gasteiger partial charge in [-0.1, -0.05) is 26.0 Å². The van der Waals surface area contributed by atoms with Crippen LogP contribution in [-0.4, -0.2) is 5.11 Å². The minimum atomic E-state index is -0.179. The van der Waals surface area contributed by atoms with Gasteiger partial charge in [0.1, 0.15) is 11.6 Å². The lowest BCUT2D eigenvalue weighted by atomic mass is 9.94. The Morgan fingerprint density at radius 2 is 1.88 bits per heavy atom. The molecule has 0 unspecified atom stereocenters. The Labute approximate surface area is 94.5 Å². The van der Waals surface area contributed by atoms with E-state index in [1.54, 1.807) is 25.1 Å². The number of hydrogen-bond acceptors (Lipinski definition) is 1. The highest BCUT2D eigenvalue weighted by Crippen LogP contribution is 2.32. The van der Waals surface area contributed by atoms with Crippen LogP contribution in [0.5, 0.6) is 5.75 Å². The molecule has 2 heteroatoms. The fourth-order valence-electron chi connectivity index (χ4n) is 2.00. The first-order chi connectivity index (χ1) is 7.50. The molecule has 2 rings (SSSR count). The number of benzene rings is 2. The summed E-state index contributed by atoms with van der Waals surface area (Å²) in [5.41, 5.74) is 1.50. The molecule has 1 nitrogen and oxygen atoms in total. The Kier molecular flexibility index (Phi) is 2.58. The lowest BCUT2D eigenvalue weighted by Gasteiger charge is -2.12. The summed E-state index contributed by atoms with van der Waals surface area (Å²) in [6.07, 6.45) is 0. The van der Waals surface area contributed by atoms with Crippen molar-refractivity contribution in [2.24, 2.45) is 0 Å². The zero-order valence-electron chi connectivity index (χ0n) is 9.71. The maximum Gasteiger partial charge on any atom is 0.134 e. The molecule has 0 aliphatic rings. The fraction of sp³-hybridized carbons (Fsp3) is 0.286. The summed E-state index contributed by atoms with van der Waals surface area (Å²) in [5.74, 6) is 0.201. The molecule has 84 valence electrons. The van der Waals surface area contributed by atoms with Gasteiger partial charge >= 0.3 is 0 Å². The molecule has 0 heterocycles. The molecule has 0 aromatic heterocycles. The number of hydrogen-bond donors (Lipinski definition) is 1. The zero-order valence-corrected chi connectivity index (χ0v) is 9.71. The first-order valence-electron chi connectivity index (χ1n) is 5.42. The van der Waals surface area contributed by atoms with Gasteiger partial charge in [-0.2, -0.15) is 0 Å². The summed E-state index contributed by atoms with van der Waals surface area (Å²) >= 11 is 0. The average molecular weight is 218 g/mol. The molecule has 0 radical (unpaired) electrons. The van der Waals surface area contributed by atoms with Crippen LogP contribution in [0.4, 0.5) is 4.39 Å². The molecule has 0 saturated heterocycles. The van der Waals surface area contributed by atoms with Crippen molar-refractivity contribution in [2.45, 2.75) is 26.7 Å². The van der Waals surface area contributed by atoms with Gasteiger partial charge in [0.2, 0.25) is 0 Å². The lowest BCUT2D eigenvalue weighted by molar-refractivity contribution is 0.475. The standard InChI is InChI=1S/C14H15FO/c1-8(2)12-7-11(16)6-10-5-4-9(3)14(15)13(10)12/h4-8,16H,1-3H3. The van der Waals surface area contributed by atoms with Gasteiger partial charge in [-0.15, -0.1) is 0 Å². The molecule has 0 saturated carbocycles. The van der Waals surface area contributed by atoms with Gasteiger partial charge in [-0.25, -0.2) is 4.39 Å². The van der Waals surface area contributed by atoms with Crippen molar-refractivity contribution in [2.75, 3.05) is 0 Å². The van der Waals surface area contributed by atoms with E-state index in [1.165, 1.54) is 0 Å². The first kappa shape index (κ1) is 10.9. The van der Waals surface area contributed by atoms with Crippen molar-refractivity contribution in [3.05, 3.63) is 41.2 Å². The summed E-state index contributed by atoms with van der Waals surface area (Å²) in [6.45, 7) is 5.75. The fourth-order valence-corrected chi connectivity index (χ4v) is 2.00. The van der Waals surface area contributed by atoms with Gasteiger partial charge in [-0.3, -0.25) is 0 Å². The molecule has 0 aliphatic carbocycles. The third-order valence-electron chi connectivity index (χ3n) is 2.88. The van der Waals surface area contributed by atoms with Crippen LogP contribution < -0.4 is 0 Å². The predicted octanol–water partition coefficient (Wildman–Crippen LogP) is 4.12. The van der Waals surface area contributed by atoms with E-state index < -0.39 is 0 Å². The molecule has 0 fully saturated rings. The summed E-state index contributed by atoms with van der Waals surface area (Å²) < 4.78 is 14.1. The summed E-state index contributed by atoms with van der Waals surface area (Å²) in [4.78, 5) is 0. The SMILES string of the molecule is Cc1ccc2cc(O)cc(C(C)C)c2c1F. The largest absolute Gasteiger partial charge is 0.508 e. The Morgan fingerprint density at radius 3 is 2.50 bits per heavy atom. The maximum absolute atomic E-state index is 14.1. The topological polar surface area (TPSA) is 20.2 Å². The summed E-state index contributed by atoms with van der Waals surface area (Å²) in [6, 6.07) is 6.83. The van der Waals surface area contributed by atoms with Crippen LogP contribution in [0, 0.1) is 12.7 Å². The van der Waals surface area contributed by atoms with E-state index in [0.717, 1.165) is 10.9 Å². The quantitative estimate of drug-likeness (QED) is 0.763. The molecule has 1 N–H and O–H groups in total. The van der Waals surface area contributed by atoms with Crippen LogP contribution >= 0.6 is 0 Å². The molecular weight excluding hydrogens is 203 g/mol. The molecule has 2 aromatic carbocycles. The minimum absolute atomic E-state index is 0.179. The van der Waals surface area contributed by atoms with E-state index in [-0.39, 0.29) is 17.5 Å². The Balaban J connectivity index is 2.92. The van der Waals surface area contributed by atoms with Gasteiger partial charge in [0.25, 0.3) is 0 Å². The van der Waals surface area contributed by atoms with Crippen molar-refractivity contribution in [1.29, 1.82) is 0 Å². The molecule has 0 bridgehead atoms. The van der Waals surface area contributed by atoms with Crippen LogP contribution in [0.15, 0.2) is 24.3 Å². The molecule has 0 aliphatic heterocycles. The van der Waals surface area contributed by atoms with Gasteiger partial charge in [0.15, 0.2) is 0 Å². The summed E-state index contributed by atoms with van der Waals surface area (Å²) in [7, 11) is 0. The molecule has 0 spiro atoms. The monoisotopic (exact) mass is 218 g/mol. The number of phenols is 1. The second kappa shape index (κ2) is 3.78. The van der Waals surface area contributed by atoms with E-state index >= 15 is 0 Å². The van der Waals surface area contributed by atoms with E-state index in [1.807, 2.05) is 19.9 Å². The van der Waals surface area contributed by atoms with Crippen molar-refractivity contribution in [3.63, 3.8) is 0 Å². The van der Waals surface area contributed by atoms with E-state index in [4.69, 9.17) is 0 Å². The zero-order chi connectivity index (χ0) is 11.9. The van der Waals surface area contributed by atoms with Gasteiger partial charge in [0, 0.05) is 5.39 Å². The van der Waals surface area contributed by atoms with Gasteiger partial charge < -0.3 is 5.11 Å². The highest BCUT2D eigenvalue weighted by Gasteiger charge is 2.12. The highest BCUT2D eigenvalue weighted by molar-refractivity contribution is 5.88. The van der Waals surface area contributed by atoms with E-state index in [2.05, 4.69) is 0 Å². The number of rotatable bonds is 1. The third kappa shape index (κ3) is 1.64. The second-order valence-corrected chi connectivity index (χ2v) is 4.48. The number of fused-ring (bicyclic) bond motifs is 1. The lowest BCUT2D eigenvalue weighted by Crippen LogP contribution is -1.94. The second-order valence-electron chi connectivity index (χ2n) is 4.48. The summed E-state index contributed by atoms with van der Waals surface area (Å²) in [5, 5.41) is 11.0. The Morgan fingerprint density at radius 1 is 1.19 bits per heavy atom. The maximum atomic E-state index is 14.1. The van der Waals surface area contributed by atoms with Crippen LogP contribution in [0.25, 0.3) is 10.8 Å². The number of halogens is 1. The smallest absolute Gasteiger partial charge is 0.134 e. The van der Waals surface area contributed by atoms with E-state index in [0.29, 0.717) is 10.9 Å². The third-order valence-corrected chi connectivity index (χ3v) is 2.88. The van der Waals surface area contributed by atoms with Crippen molar-refractivity contribution in [3.8, 4) is 5.75 Å². The molecule has 0 amide bonds. The normalized spacial score (nSPS) is 11.3. The van der Waals surface area contributed by atoms with Crippen LogP contribution in [0.2, 0.25) is 0 Å². The number of aryl methyl sites for hydroxylation is 1. The van der Waals surface area contributed by atoms with Crippen molar-refractivity contribution < 1.29 is 9.50 Å². The van der Waals surface area contributed by atoms with E-state index in [9.17, 15) is 9.50 Å². The van der Waals surface area contributed by atoms with Gasteiger partial charge in [-0.05, 0) is 41.5 Å². The molecule has 0 atom stereocenters. The van der Waals surface area contributed by atoms with Gasteiger partial charge in [0.05, 0.1) is 0 Å². The van der Waals surface area contributed by atoms with Crippen LogP contribution in [0.3, 0.4) is 0 Å². The van der Waals surface area contributed by atoms with Crippen LogP contribution in [-0.2, 0) is 0 Å². The number of aromatic hydroxyl groups is 1. The van der Waals surface area contributed by atoms with Crippen molar-refractivity contribution in [1.82, 2.24) is 0 Å². The number of phenolic OH excluding ortho intramolecular Hbond substituents is 1. The average Bonchev–Trinajstić information content (AvgIpc) is 2.22. The Bertz CT molecular complexity index is 544. The van der Waals surface area contributed by atoms with Crippen molar-refractivity contribution >= 4 is 10.8 Å². The minimum Gasteiger partial charge on any atom is -0.508 e. The molecule has 16 heavy (non-hydrogen) atoms. The molecule has 2 aromatic rings.